The van der Waals surface area contributed by atoms with Crippen molar-refractivity contribution < 1.29 is 28.8 Å². The molecule has 0 spiro atoms. The van der Waals surface area contributed by atoms with Crippen molar-refractivity contribution in [2.45, 2.75) is 32.9 Å². The number of phenolic OH excluding ortho intramolecular Hbond substituents is 1. The Labute approximate surface area is 227 Å². The topological polar surface area (TPSA) is 109 Å². The lowest BCUT2D eigenvalue weighted by atomic mass is 9.95. The first kappa shape index (κ1) is 27.3. The molecule has 9 nitrogen and oxygen atoms in total. The number of esters is 1. The molecule has 0 saturated heterocycles. The van der Waals surface area contributed by atoms with Crippen LogP contribution in [0.3, 0.4) is 0 Å². The predicted octanol–water partition coefficient (Wildman–Crippen LogP) is 3.57. The van der Waals surface area contributed by atoms with Crippen LogP contribution in [0.2, 0.25) is 5.02 Å². The summed E-state index contributed by atoms with van der Waals surface area (Å²) in [5.41, 5.74) is 1.33. The number of phenols is 1. The Morgan fingerprint density at radius 2 is 1.84 bits per heavy atom. The molecular weight excluding hydrogens is 532 g/mol. The number of aromatic nitrogens is 1. The Kier molecular flexibility index (Phi) is 7.84. The monoisotopic (exact) mass is 558 g/mol. The van der Waals surface area contributed by atoms with Gasteiger partial charge in [0.15, 0.2) is 27.8 Å². The fourth-order valence-electron chi connectivity index (χ4n) is 4.18. The van der Waals surface area contributed by atoms with Gasteiger partial charge in [-0.05, 0) is 56.2 Å². The fraction of sp³-hybridized carbons (Fsp3) is 0.296. The number of halogens is 1. The highest BCUT2D eigenvalue weighted by atomic mass is 35.5. The molecule has 200 valence electrons. The molecule has 1 N–H and O–H groups in total. The van der Waals surface area contributed by atoms with Crippen LogP contribution < -0.4 is 29.1 Å². The van der Waals surface area contributed by atoms with Crippen molar-refractivity contribution in [1.82, 2.24) is 4.57 Å². The number of aromatic hydroxyl groups is 1. The van der Waals surface area contributed by atoms with Gasteiger partial charge in [0.1, 0.15) is 0 Å². The molecule has 1 atom stereocenters. The number of carbonyl (C=O) groups is 1. The van der Waals surface area contributed by atoms with Gasteiger partial charge in [0, 0.05) is 6.07 Å². The Morgan fingerprint density at radius 1 is 1.13 bits per heavy atom. The molecule has 11 heteroatoms. The molecule has 0 saturated carbocycles. The summed E-state index contributed by atoms with van der Waals surface area (Å²) >= 11 is 7.71. The van der Waals surface area contributed by atoms with Gasteiger partial charge in [0.2, 0.25) is 0 Å². The maximum absolute atomic E-state index is 13.8. The highest BCUT2D eigenvalue weighted by Crippen LogP contribution is 2.36. The van der Waals surface area contributed by atoms with Gasteiger partial charge >= 0.3 is 5.97 Å². The largest absolute Gasteiger partial charge is 0.504 e. The molecule has 0 radical (unpaired) electrons. The molecule has 4 rings (SSSR count). The lowest BCUT2D eigenvalue weighted by Crippen LogP contribution is -2.39. The smallest absolute Gasteiger partial charge is 0.338 e. The second kappa shape index (κ2) is 10.9. The summed E-state index contributed by atoms with van der Waals surface area (Å²) in [4.78, 5) is 31.6. The highest BCUT2D eigenvalue weighted by molar-refractivity contribution is 7.07. The van der Waals surface area contributed by atoms with E-state index in [1.54, 1.807) is 37.3 Å². The van der Waals surface area contributed by atoms with E-state index < -0.39 is 12.0 Å². The van der Waals surface area contributed by atoms with E-state index in [0.717, 1.165) is 11.3 Å². The molecule has 1 aromatic heterocycles. The first-order valence-corrected chi connectivity index (χ1v) is 12.8. The summed E-state index contributed by atoms with van der Waals surface area (Å²) in [6.45, 7) is 5.47. The predicted molar refractivity (Wildman–Crippen MR) is 144 cm³/mol. The second-order valence-corrected chi connectivity index (χ2v) is 10.1. The average molecular weight is 559 g/mol. The number of nitrogens with zero attached hydrogens (tertiary/aromatic N) is 2. The molecule has 2 heterocycles. The molecule has 0 aliphatic carbocycles. The van der Waals surface area contributed by atoms with Gasteiger partial charge in [-0.15, -0.1) is 0 Å². The number of rotatable bonds is 7. The van der Waals surface area contributed by atoms with E-state index in [4.69, 9.17) is 30.5 Å². The number of methoxy groups -OCH3 is 3. The zero-order valence-corrected chi connectivity index (χ0v) is 23.3. The minimum absolute atomic E-state index is 0.0718. The van der Waals surface area contributed by atoms with E-state index in [-0.39, 0.29) is 28.7 Å². The summed E-state index contributed by atoms with van der Waals surface area (Å²) < 4.78 is 23.3. The quantitative estimate of drug-likeness (QED) is 0.442. The zero-order valence-electron chi connectivity index (χ0n) is 21.7. The summed E-state index contributed by atoms with van der Waals surface area (Å²) in [5.74, 6) is 0.473. The third kappa shape index (κ3) is 5.01. The van der Waals surface area contributed by atoms with Gasteiger partial charge in [0.25, 0.3) is 5.56 Å². The van der Waals surface area contributed by atoms with E-state index >= 15 is 0 Å². The van der Waals surface area contributed by atoms with Crippen molar-refractivity contribution >= 4 is 35.0 Å². The van der Waals surface area contributed by atoms with Crippen LogP contribution in [-0.2, 0) is 9.53 Å². The summed E-state index contributed by atoms with van der Waals surface area (Å²) in [7, 11) is 4.21. The highest BCUT2D eigenvalue weighted by Gasteiger charge is 2.33. The standard InChI is InChI=1S/C27H27ClN2O7S/c1-13(2)37-21-12-17(28)16(10-20(21)35-5)11-22-25(32)30-24(15-7-8-18(31)19(9-15)34-4)23(26(33)36-6)14(3)29-27(30)38-22/h7-13,24,31H,1-6H3/b22-11-. The van der Waals surface area contributed by atoms with Crippen LogP contribution in [0.5, 0.6) is 23.0 Å². The number of thiazole rings is 1. The molecular formula is C27H27ClN2O7S. The summed E-state index contributed by atoms with van der Waals surface area (Å²) in [6.07, 6.45) is 1.57. The number of fused-ring (bicyclic) bond motifs is 1. The van der Waals surface area contributed by atoms with Crippen LogP contribution in [0.4, 0.5) is 0 Å². The van der Waals surface area contributed by atoms with Gasteiger partial charge < -0.3 is 24.1 Å². The van der Waals surface area contributed by atoms with Crippen molar-refractivity contribution in [3.8, 4) is 23.0 Å². The number of hydrogen-bond acceptors (Lipinski definition) is 9. The maximum Gasteiger partial charge on any atom is 0.338 e. The van der Waals surface area contributed by atoms with Crippen molar-refractivity contribution in [3.05, 3.63) is 77.4 Å². The molecule has 0 fully saturated rings. The minimum Gasteiger partial charge on any atom is -0.504 e. The van der Waals surface area contributed by atoms with Crippen molar-refractivity contribution in [2.75, 3.05) is 21.3 Å². The van der Waals surface area contributed by atoms with Crippen molar-refractivity contribution in [2.24, 2.45) is 4.99 Å². The number of carbonyl (C=O) groups excluding carboxylic acids is 1. The molecule has 38 heavy (non-hydrogen) atoms. The van der Waals surface area contributed by atoms with Gasteiger partial charge in [-0.2, -0.15) is 0 Å². The SMILES string of the molecule is COC(=O)C1=C(C)N=c2s/c(=C\c3cc(OC)c(OC(C)C)cc3Cl)c(=O)n2C1c1ccc(O)c(OC)c1. The van der Waals surface area contributed by atoms with Gasteiger partial charge in [-0.25, -0.2) is 9.79 Å². The normalized spacial score (nSPS) is 15.3. The van der Waals surface area contributed by atoms with E-state index in [1.165, 1.54) is 32.0 Å². The first-order valence-electron chi connectivity index (χ1n) is 11.6. The average Bonchev–Trinajstić information content (AvgIpc) is 3.18. The lowest BCUT2D eigenvalue weighted by Gasteiger charge is -2.24. The lowest BCUT2D eigenvalue weighted by molar-refractivity contribution is -0.136. The Bertz CT molecular complexity index is 1620. The number of benzene rings is 2. The Balaban J connectivity index is 1.95. The van der Waals surface area contributed by atoms with Gasteiger partial charge in [-0.1, -0.05) is 29.0 Å². The van der Waals surface area contributed by atoms with E-state index in [1.807, 2.05) is 13.8 Å². The Hall–Kier alpha value is -3.76. The van der Waals surface area contributed by atoms with Crippen LogP contribution in [-0.4, -0.2) is 43.1 Å². The third-order valence-corrected chi connectivity index (χ3v) is 7.19. The van der Waals surface area contributed by atoms with E-state index in [2.05, 4.69) is 4.99 Å². The molecule has 1 unspecified atom stereocenters. The molecule has 1 aliphatic rings. The van der Waals surface area contributed by atoms with Gasteiger partial charge in [-0.3, -0.25) is 9.36 Å². The van der Waals surface area contributed by atoms with E-state index in [0.29, 0.717) is 42.7 Å². The molecule has 0 amide bonds. The van der Waals surface area contributed by atoms with Gasteiger partial charge in [0.05, 0.1) is 54.3 Å². The minimum atomic E-state index is -0.859. The molecule has 2 aromatic carbocycles. The third-order valence-electron chi connectivity index (χ3n) is 5.88. The van der Waals surface area contributed by atoms with E-state index in [9.17, 15) is 14.7 Å². The van der Waals surface area contributed by atoms with Crippen LogP contribution in [0.1, 0.15) is 37.9 Å². The Morgan fingerprint density at radius 3 is 2.47 bits per heavy atom. The summed E-state index contributed by atoms with van der Waals surface area (Å²) in [6, 6.07) is 7.13. The first-order chi connectivity index (χ1) is 18.1. The maximum atomic E-state index is 13.8. The number of allylic oxidation sites excluding steroid dienone is 1. The number of hydrogen-bond donors (Lipinski definition) is 1. The molecule has 1 aliphatic heterocycles. The number of ether oxygens (including phenoxy) is 4. The zero-order chi connectivity index (χ0) is 27.7. The fourth-order valence-corrected chi connectivity index (χ4v) is 5.43. The van der Waals surface area contributed by atoms with Crippen molar-refractivity contribution in [3.63, 3.8) is 0 Å². The molecule has 3 aromatic rings. The van der Waals surface area contributed by atoms with Crippen LogP contribution in [0, 0.1) is 0 Å². The van der Waals surface area contributed by atoms with Crippen LogP contribution in [0.25, 0.3) is 6.08 Å². The van der Waals surface area contributed by atoms with Crippen LogP contribution in [0.15, 0.2) is 51.4 Å². The van der Waals surface area contributed by atoms with Crippen molar-refractivity contribution in [1.29, 1.82) is 0 Å². The molecule has 0 bridgehead atoms. The van der Waals surface area contributed by atoms with Crippen LogP contribution >= 0.6 is 22.9 Å². The summed E-state index contributed by atoms with van der Waals surface area (Å²) in [5, 5.41) is 10.5. The second-order valence-electron chi connectivity index (χ2n) is 8.70.